The average molecular weight is 424 g/mol. The Labute approximate surface area is 173 Å². The number of halogens is 2. The van der Waals surface area contributed by atoms with Gasteiger partial charge in [0.2, 0.25) is 5.91 Å². The van der Waals surface area contributed by atoms with Crippen molar-refractivity contribution in [3.8, 4) is 0 Å². The minimum atomic E-state index is -0.927. The number of amides is 4. The Hall–Kier alpha value is -1.79. The van der Waals surface area contributed by atoms with Crippen LogP contribution in [0.25, 0.3) is 0 Å². The summed E-state index contributed by atoms with van der Waals surface area (Å²) in [7, 11) is 0. The molecule has 1 aromatic rings. The summed E-state index contributed by atoms with van der Waals surface area (Å²) in [5, 5.41) is 6.21. The molecule has 0 radical (unpaired) electrons. The first kappa shape index (κ1) is 19.5. The third kappa shape index (κ3) is 3.37. The molecule has 1 aliphatic carbocycles. The minimum absolute atomic E-state index is 0.00384. The summed E-state index contributed by atoms with van der Waals surface area (Å²) in [6.07, 6.45) is 3.07. The maximum Gasteiger partial charge on any atom is 0.322 e. The van der Waals surface area contributed by atoms with E-state index in [4.69, 9.17) is 23.2 Å². The number of carbonyl (C=O) groups is 3. The molecule has 28 heavy (non-hydrogen) atoms. The van der Waals surface area contributed by atoms with Crippen LogP contribution in [0.1, 0.15) is 49.7 Å². The van der Waals surface area contributed by atoms with Crippen LogP contribution in [0.5, 0.6) is 0 Å². The average Bonchev–Trinajstić information content (AvgIpc) is 3.46. The molecule has 2 heterocycles. The summed E-state index contributed by atoms with van der Waals surface area (Å²) >= 11 is 12.6. The third-order valence-corrected chi connectivity index (χ3v) is 7.01. The molecule has 6 nitrogen and oxygen atoms in total. The van der Waals surface area contributed by atoms with Crippen LogP contribution in [0, 0.1) is 5.92 Å². The second-order valence-electron chi connectivity index (χ2n) is 8.08. The Morgan fingerprint density at radius 2 is 2.04 bits per heavy atom. The number of urea groups is 1. The lowest BCUT2D eigenvalue weighted by Gasteiger charge is -2.28. The molecule has 4 rings (SSSR count). The summed E-state index contributed by atoms with van der Waals surface area (Å²) in [6.45, 7) is 3.20. The molecule has 8 heteroatoms. The van der Waals surface area contributed by atoms with Crippen molar-refractivity contribution in [3.05, 3.63) is 33.3 Å². The van der Waals surface area contributed by atoms with E-state index in [1.54, 1.807) is 6.07 Å². The lowest BCUT2D eigenvalue weighted by atomic mass is 9.87. The third-order valence-electron chi connectivity index (χ3n) is 6.19. The fourth-order valence-corrected chi connectivity index (χ4v) is 5.10. The molecule has 2 N–H and O–H groups in total. The molecular weight excluding hydrogens is 401 g/mol. The van der Waals surface area contributed by atoms with Gasteiger partial charge >= 0.3 is 6.03 Å². The zero-order chi connectivity index (χ0) is 20.1. The zero-order valence-electron chi connectivity index (χ0n) is 15.7. The Morgan fingerprint density at radius 1 is 1.29 bits per heavy atom. The maximum atomic E-state index is 13.0. The number of fused-ring (bicyclic) bond motifs is 1. The monoisotopic (exact) mass is 423 g/mol. The van der Waals surface area contributed by atoms with Gasteiger partial charge in [-0.05, 0) is 48.8 Å². The Morgan fingerprint density at radius 3 is 2.68 bits per heavy atom. The van der Waals surface area contributed by atoms with Crippen molar-refractivity contribution < 1.29 is 14.4 Å². The van der Waals surface area contributed by atoms with E-state index in [1.165, 1.54) is 0 Å². The van der Waals surface area contributed by atoms with E-state index in [0.29, 0.717) is 36.0 Å². The van der Waals surface area contributed by atoms with E-state index >= 15 is 0 Å². The van der Waals surface area contributed by atoms with Crippen molar-refractivity contribution in [1.82, 2.24) is 15.5 Å². The second kappa shape index (κ2) is 7.23. The van der Waals surface area contributed by atoms with Crippen LogP contribution in [-0.2, 0) is 16.0 Å². The van der Waals surface area contributed by atoms with Crippen molar-refractivity contribution in [2.75, 3.05) is 13.1 Å². The minimum Gasteiger partial charge on any atom is -0.342 e. The number of imide groups is 1. The molecule has 0 bridgehead atoms. The van der Waals surface area contributed by atoms with Gasteiger partial charge in [0.05, 0.1) is 10.0 Å². The molecular formula is C20H23Cl2N3O3. The van der Waals surface area contributed by atoms with Gasteiger partial charge in [0, 0.05) is 25.4 Å². The van der Waals surface area contributed by atoms with Crippen LogP contribution in [0.2, 0.25) is 10.0 Å². The van der Waals surface area contributed by atoms with E-state index in [0.717, 1.165) is 24.0 Å². The number of nitrogens with one attached hydrogen (secondary N) is 2. The number of hydrogen-bond acceptors (Lipinski definition) is 3. The van der Waals surface area contributed by atoms with Crippen LogP contribution < -0.4 is 10.6 Å². The molecule has 2 fully saturated rings. The predicted molar refractivity (Wildman–Crippen MR) is 107 cm³/mol. The molecule has 0 spiro atoms. The van der Waals surface area contributed by atoms with Gasteiger partial charge in [-0.1, -0.05) is 36.2 Å². The number of carbonyl (C=O) groups excluding carboxylic acids is 3. The van der Waals surface area contributed by atoms with Gasteiger partial charge in [-0.15, -0.1) is 0 Å². The lowest BCUT2D eigenvalue weighted by Crippen LogP contribution is -2.50. The molecule has 4 amide bonds. The number of rotatable bonds is 4. The Bertz CT molecular complexity index is 855. The normalized spacial score (nSPS) is 27.1. The van der Waals surface area contributed by atoms with Crippen molar-refractivity contribution in [2.45, 2.75) is 50.5 Å². The first-order valence-electron chi connectivity index (χ1n) is 9.70. The summed E-state index contributed by atoms with van der Waals surface area (Å²) < 4.78 is 0. The maximum absolute atomic E-state index is 13.0. The molecule has 1 aromatic carbocycles. The number of hydrogen-bond donors (Lipinski definition) is 2. The van der Waals surface area contributed by atoms with Gasteiger partial charge in [0.1, 0.15) is 5.54 Å². The van der Waals surface area contributed by atoms with E-state index in [9.17, 15) is 14.4 Å². The van der Waals surface area contributed by atoms with Gasteiger partial charge in [0.25, 0.3) is 5.91 Å². The first-order valence-corrected chi connectivity index (χ1v) is 10.5. The van der Waals surface area contributed by atoms with Crippen molar-refractivity contribution in [2.24, 2.45) is 5.92 Å². The molecule has 1 saturated heterocycles. The molecule has 150 valence electrons. The van der Waals surface area contributed by atoms with E-state index in [1.807, 2.05) is 17.9 Å². The summed E-state index contributed by atoms with van der Waals surface area (Å²) in [5.74, 6) is -0.110. The highest BCUT2D eigenvalue weighted by Gasteiger charge is 2.55. The van der Waals surface area contributed by atoms with Crippen LogP contribution >= 0.6 is 23.2 Å². The van der Waals surface area contributed by atoms with E-state index in [-0.39, 0.29) is 30.1 Å². The van der Waals surface area contributed by atoms with E-state index < -0.39 is 11.6 Å². The molecule has 1 saturated carbocycles. The quantitative estimate of drug-likeness (QED) is 0.729. The van der Waals surface area contributed by atoms with Crippen molar-refractivity contribution in [3.63, 3.8) is 0 Å². The highest BCUT2D eigenvalue weighted by atomic mass is 35.5. The topological polar surface area (TPSA) is 78.5 Å². The standard InChI is InChI=1S/C20H23Cl2N3O3/c1-11-10-25(9-7-12-2-5-14(21)17(22)16(11)12)15(26)6-8-20(13-3-4-13)18(27)23-19(28)24-20/h2,5,11,13H,3-4,6-10H2,1H3,(H2,23,24,27,28)/t11-,20+/m1/s1. The van der Waals surface area contributed by atoms with Gasteiger partial charge in [0.15, 0.2) is 0 Å². The number of nitrogens with zero attached hydrogens (tertiary/aromatic N) is 1. The van der Waals surface area contributed by atoms with Gasteiger partial charge in [-0.2, -0.15) is 0 Å². The Balaban J connectivity index is 1.45. The molecule has 2 atom stereocenters. The Kier molecular flexibility index (Phi) is 5.04. The van der Waals surface area contributed by atoms with Crippen LogP contribution in [0.4, 0.5) is 4.79 Å². The highest BCUT2D eigenvalue weighted by molar-refractivity contribution is 6.42. The SMILES string of the molecule is C[C@@H]1CN(C(=O)CC[C@@]2(C3CC3)NC(=O)NC2=O)CCc2ccc(Cl)c(Cl)c21. The lowest BCUT2D eigenvalue weighted by molar-refractivity contribution is -0.132. The summed E-state index contributed by atoms with van der Waals surface area (Å²) in [4.78, 5) is 38.8. The molecule has 0 unspecified atom stereocenters. The highest BCUT2D eigenvalue weighted by Crippen LogP contribution is 2.44. The van der Waals surface area contributed by atoms with Crippen molar-refractivity contribution in [1.29, 1.82) is 0 Å². The predicted octanol–water partition coefficient (Wildman–Crippen LogP) is 3.25. The fourth-order valence-electron chi connectivity index (χ4n) is 4.56. The molecule has 2 aliphatic heterocycles. The summed E-state index contributed by atoms with van der Waals surface area (Å²) in [6, 6.07) is 3.32. The number of benzene rings is 1. The molecule has 0 aromatic heterocycles. The van der Waals surface area contributed by atoms with Gasteiger partial charge < -0.3 is 10.2 Å². The van der Waals surface area contributed by atoms with Crippen molar-refractivity contribution >= 4 is 41.0 Å². The fraction of sp³-hybridized carbons (Fsp3) is 0.550. The largest absolute Gasteiger partial charge is 0.342 e. The van der Waals surface area contributed by atoms with Gasteiger partial charge in [-0.3, -0.25) is 14.9 Å². The van der Waals surface area contributed by atoms with E-state index in [2.05, 4.69) is 10.6 Å². The van der Waals surface area contributed by atoms with Crippen LogP contribution in [-0.4, -0.2) is 41.4 Å². The smallest absolute Gasteiger partial charge is 0.322 e. The molecule has 3 aliphatic rings. The van der Waals surface area contributed by atoms with Crippen LogP contribution in [0.15, 0.2) is 12.1 Å². The van der Waals surface area contributed by atoms with Crippen LogP contribution in [0.3, 0.4) is 0 Å². The summed E-state index contributed by atoms with van der Waals surface area (Å²) in [5.41, 5.74) is 1.21. The van der Waals surface area contributed by atoms with Gasteiger partial charge in [-0.25, -0.2) is 4.79 Å². The first-order chi connectivity index (χ1) is 13.3. The zero-order valence-corrected chi connectivity index (χ0v) is 17.2. The second-order valence-corrected chi connectivity index (χ2v) is 8.86.